The van der Waals surface area contributed by atoms with E-state index in [0.717, 1.165) is 39.3 Å². The molecule has 4 rings (SSSR count). The van der Waals surface area contributed by atoms with Crippen molar-refractivity contribution in [1.29, 1.82) is 0 Å². The van der Waals surface area contributed by atoms with E-state index in [0.29, 0.717) is 23.1 Å². The van der Waals surface area contributed by atoms with Crippen molar-refractivity contribution in [1.82, 2.24) is 19.9 Å². The Labute approximate surface area is 182 Å². The molecule has 1 amide bonds. The van der Waals surface area contributed by atoms with Gasteiger partial charge in [0.25, 0.3) is 0 Å². The first-order chi connectivity index (χ1) is 14.5. The fraction of sp³-hybridized carbons (Fsp3) is 0.143. The number of aromatic nitrogens is 3. The Bertz CT molecular complexity index is 1200. The van der Waals surface area contributed by atoms with E-state index in [4.69, 9.17) is 11.6 Å². The molecular weight excluding hydrogens is 420 g/mol. The van der Waals surface area contributed by atoms with Crippen LogP contribution >= 0.6 is 22.9 Å². The second-order valence-electron chi connectivity index (χ2n) is 6.93. The number of carbonyl (C=O) groups is 1. The number of nitrogens with zero attached hydrogens (tertiary/aromatic N) is 4. The van der Waals surface area contributed by atoms with E-state index in [9.17, 15) is 4.79 Å². The maximum Gasteiger partial charge on any atom is 0.227 e. The van der Waals surface area contributed by atoms with Crippen LogP contribution in [-0.2, 0) is 11.3 Å². The van der Waals surface area contributed by atoms with Gasteiger partial charge in [-0.2, -0.15) is 0 Å². The number of thiazole rings is 1. The molecule has 0 atom stereocenters. The van der Waals surface area contributed by atoms with Crippen molar-refractivity contribution >= 4 is 57.6 Å². The molecule has 4 aromatic rings. The fourth-order valence-corrected chi connectivity index (χ4v) is 4.18. The van der Waals surface area contributed by atoms with Crippen LogP contribution < -0.4 is 10.6 Å². The van der Waals surface area contributed by atoms with Gasteiger partial charge in [0.1, 0.15) is 5.01 Å². The van der Waals surface area contributed by atoms with Gasteiger partial charge < -0.3 is 15.5 Å². The van der Waals surface area contributed by atoms with Gasteiger partial charge in [-0.3, -0.25) is 4.79 Å². The van der Waals surface area contributed by atoms with Gasteiger partial charge in [-0.15, -0.1) is 11.3 Å². The third-order valence-electron chi connectivity index (χ3n) is 4.34. The minimum Gasteiger partial charge on any atom is -0.329 e. The van der Waals surface area contributed by atoms with E-state index in [1.165, 1.54) is 11.3 Å². The van der Waals surface area contributed by atoms with Gasteiger partial charge in [-0.05, 0) is 50.0 Å². The molecule has 0 radical (unpaired) electrons. The van der Waals surface area contributed by atoms with Crippen LogP contribution in [0.3, 0.4) is 0 Å². The van der Waals surface area contributed by atoms with Crippen molar-refractivity contribution in [3.05, 3.63) is 58.7 Å². The number of anilines is 3. The third kappa shape index (κ3) is 4.40. The Morgan fingerprint density at radius 3 is 2.73 bits per heavy atom. The van der Waals surface area contributed by atoms with Crippen LogP contribution in [0.5, 0.6) is 0 Å². The van der Waals surface area contributed by atoms with Crippen LogP contribution in [-0.4, -0.2) is 40.4 Å². The van der Waals surface area contributed by atoms with Crippen LogP contribution in [0, 0.1) is 0 Å². The minimum atomic E-state index is 0.444. The molecule has 9 heteroatoms. The molecule has 0 unspecified atom stereocenters. The summed E-state index contributed by atoms with van der Waals surface area (Å²) in [5, 5.41) is 10.0. The van der Waals surface area contributed by atoms with Crippen LogP contribution in [0.4, 0.5) is 17.3 Å². The zero-order valence-electron chi connectivity index (χ0n) is 16.4. The first kappa shape index (κ1) is 20.2. The molecule has 0 bridgehead atoms. The Balaban J connectivity index is 1.66. The highest BCUT2D eigenvalue weighted by Crippen LogP contribution is 2.35. The lowest BCUT2D eigenvalue weighted by Crippen LogP contribution is -2.11. The highest BCUT2D eigenvalue weighted by atomic mass is 35.5. The summed E-state index contributed by atoms with van der Waals surface area (Å²) in [5.74, 6) is 0.444. The Kier molecular flexibility index (Phi) is 5.89. The maximum absolute atomic E-state index is 10.9. The SMILES string of the molecule is CN(C)Cc1cc(NC=O)cc(Nc2ncc3c(Cl)c(-c4nccs4)ccc3n2)c1. The molecule has 2 heterocycles. The minimum absolute atomic E-state index is 0.444. The van der Waals surface area contributed by atoms with E-state index >= 15 is 0 Å². The van der Waals surface area contributed by atoms with Crippen molar-refractivity contribution < 1.29 is 4.79 Å². The lowest BCUT2D eigenvalue weighted by atomic mass is 10.1. The summed E-state index contributed by atoms with van der Waals surface area (Å²) in [6.07, 6.45) is 4.12. The number of hydrogen-bond donors (Lipinski definition) is 2. The normalized spacial score (nSPS) is 11.1. The predicted molar refractivity (Wildman–Crippen MR) is 122 cm³/mol. The Morgan fingerprint density at radius 1 is 1.17 bits per heavy atom. The van der Waals surface area contributed by atoms with E-state index in [-0.39, 0.29) is 0 Å². The molecule has 2 aromatic heterocycles. The summed E-state index contributed by atoms with van der Waals surface area (Å²) in [5.41, 5.74) is 4.12. The third-order valence-corrected chi connectivity index (χ3v) is 5.55. The van der Waals surface area contributed by atoms with E-state index in [2.05, 4.69) is 30.5 Å². The molecule has 2 N–H and O–H groups in total. The molecule has 0 aliphatic rings. The molecule has 0 fully saturated rings. The number of fused-ring (bicyclic) bond motifs is 1. The number of carbonyl (C=O) groups excluding carboxylic acids is 1. The lowest BCUT2D eigenvalue weighted by Gasteiger charge is -2.14. The predicted octanol–water partition coefficient (Wildman–Crippen LogP) is 4.78. The van der Waals surface area contributed by atoms with E-state index < -0.39 is 0 Å². The first-order valence-electron chi connectivity index (χ1n) is 9.14. The van der Waals surface area contributed by atoms with Crippen LogP contribution in [0.1, 0.15) is 5.56 Å². The number of hydrogen-bond acceptors (Lipinski definition) is 7. The fourth-order valence-electron chi connectivity index (χ4n) is 3.15. The number of amides is 1. The lowest BCUT2D eigenvalue weighted by molar-refractivity contribution is -0.105. The van der Waals surface area contributed by atoms with Crippen molar-refractivity contribution in [3.63, 3.8) is 0 Å². The largest absolute Gasteiger partial charge is 0.329 e. The van der Waals surface area contributed by atoms with Crippen LogP contribution in [0.15, 0.2) is 48.1 Å². The van der Waals surface area contributed by atoms with Gasteiger partial charge >= 0.3 is 0 Å². The second-order valence-corrected chi connectivity index (χ2v) is 8.21. The molecule has 0 aliphatic carbocycles. The smallest absolute Gasteiger partial charge is 0.227 e. The molecular formula is C21H19ClN6OS. The van der Waals surface area contributed by atoms with Gasteiger partial charge in [-0.25, -0.2) is 15.0 Å². The van der Waals surface area contributed by atoms with Crippen LogP contribution in [0.2, 0.25) is 5.02 Å². The van der Waals surface area contributed by atoms with Crippen molar-refractivity contribution in [2.75, 3.05) is 24.7 Å². The molecule has 0 saturated heterocycles. The van der Waals surface area contributed by atoms with E-state index in [1.807, 2.05) is 49.8 Å². The standard InChI is InChI=1S/C21H19ClN6OS/c1-28(2)11-13-7-14(25-12-29)9-15(8-13)26-21-24-10-17-18(27-21)4-3-16(19(17)22)20-23-5-6-30-20/h3-10,12H,11H2,1-2H3,(H,25,29)(H,24,26,27). The van der Waals surface area contributed by atoms with Crippen molar-refractivity contribution in [3.8, 4) is 10.6 Å². The summed E-state index contributed by atoms with van der Waals surface area (Å²) in [7, 11) is 3.98. The quantitative estimate of drug-likeness (QED) is 0.404. The molecule has 7 nitrogen and oxygen atoms in total. The second kappa shape index (κ2) is 8.74. The topological polar surface area (TPSA) is 83.0 Å². The molecule has 0 aliphatic heterocycles. The van der Waals surface area contributed by atoms with E-state index in [1.54, 1.807) is 12.4 Å². The molecule has 2 aromatic carbocycles. The van der Waals surface area contributed by atoms with Crippen LogP contribution in [0.25, 0.3) is 21.5 Å². The van der Waals surface area contributed by atoms with Gasteiger partial charge in [0.15, 0.2) is 0 Å². The summed E-state index contributed by atoms with van der Waals surface area (Å²) in [4.78, 5) is 26.3. The molecule has 30 heavy (non-hydrogen) atoms. The van der Waals surface area contributed by atoms with Gasteiger partial charge in [0.05, 0.1) is 10.5 Å². The number of benzene rings is 2. The Morgan fingerprint density at radius 2 is 2.00 bits per heavy atom. The zero-order valence-corrected chi connectivity index (χ0v) is 18.0. The first-order valence-corrected chi connectivity index (χ1v) is 10.4. The number of halogens is 1. The van der Waals surface area contributed by atoms with Crippen molar-refractivity contribution in [2.45, 2.75) is 6.54 Å². The number of rotatable bonds is 7. The molecule has 0 spiro atoms. The van der Waals surface area contributed by atoms with Gasteiger partial charge in [-0.1, -0.05) is 11.6 Å². The van der Waals surface area contributed by atoms with Gasteiger partial charge in [0, 0.05) is 46.6 Å². The summed E-state index contributed by atoms with van der Waals surface area (Å²) in [6, 6.07) is 9.60. The number of nitrogens with one attached hydrogen (secondary N) is 2. The summed E-state index contributed by atoms with van der Waals surface area (Å²) in [6.45, 7) is 0.733. The average Bonchev–Trinajstić information content (AvgIpc) is 3.22. The maximum atomic E-state index is 10.9. The summed E-state index contributed by atoms with van der Waals surface area (Å²) >= 11 is 8.12. The highest BCUT2D eigenvalue weighted by molar-refractivity contribution is 7.13. The average molecular weight is 439 g/mol. The molecule has 0 saturated carbocycles. The Hall–Kier alpha value is -3.07. The van der Waals surface area contributed by atoms with Gasteiger partial charge in [0.2, 0.25) is 12.4 Å². The highest BCUT2D eigenvalue weighted by Gasteiger charge is 2.12. The zero-order chi connectivity index (χ0) is 21.1. The summed E-state index contributed by atoms with van der Waals surface area (Å²) < 4.78 is 0. The monoisotopic (exact) mass is 438 g/mol. The van der Waals surface area contributed by atoms with Crippen molar-refractivity contribution in [2.24, 2.45) is 0 Å². The molecule has 152 valence electrons.